The van der Waals surface area contributed by atoms with Crippen LogP contribution >= 0.6 is 0 Å². The lowest BCUT2D eigenvalue weighted by Crippen LogP contribution is -2.18. The second kappa shape index (κ2) is 4.91. The first kappa shape index (κ1) is 12.2. The molecule has 0 amide bonds. The van der Waals surface area contributed by atoms with Gasteiger partial charge in [-0.05, 0) is 37.2 Å². The molecule has 1 aliphatic rings. The van der Waals surface area contributed by atoms with Crippen LogP contribution < -0.4 is 0 Å². The molecule has 0 bridgehead atoms. The molecule has 0 heteroatoms. The quantitative estimate of drug-likeness (QED) is 0.678. The van der Waals surface area contributed by atoms with E-state index in [0.717, 1.165) is 0 Å². The summed E-state index contributed by atoms with van der Waals surface area (Å²) >= 11 is 0. The van der Waals surface area contributed by atoms with Gasteiger partial charge in [0.1, 0.15) is 0 Å². The van der Waals surface area contributed by atoms with Crippen LogP contribution in [0, 0.1) is 0 Å². The van der Waals surface area contributed by atoms with Gasteiger partial charge in [-0.2, -0.15) is 0 Å². The first-order valence-electron chi connectivity index (χ1n) is 6.49. The van der Waals surface area contributed by atoms with Crippen molar-refractivity contribution < 1.29 is 0 Å². The summed E-state index contributed by atoms with van der Waals surface area (Å²) in [6, 6.07) is 10.8. The van der Waals surface area contributed by atoms with Gasteiger partial charge in [0.2, 0.25) is 0 Å². The Labute approximate surface area is 105 Å². The lowest BCUT2D eigenvalue weighted by molar-refractivity contribution is 0.509. The zero-order chi connectivity index (χ0) is 12.3. The van der Waals surface area contributed by atoms with Gasteiger partial charge in [-0.1, -0.05) is 67.5 Å². The summed E-state index contributed by atoms with van der Waals surface area (Å²) < 4.78 is 0. The third-order valence-corrected chi connectivity index (χ3v) is 3.67. The molecule has 0 saturated heterocycles. The van der Waals surface area contributed by atoms with E-state index >= 15 is 0 Å². The van der Waals surface area contributed by atoms with E-state index in [9.17, 15) is 0 Å². The molecule has 0 atom stereocenters. The lowest BCUT2D eigenvalue weighted by atomic mass is 9.77. The van der Waals surface area contributed by atoms with Crippen molar-refractivity contribution in [3.63, 3.8) is 0 Å². The van der Waals surface area contributed by atoms with Crippen LogP contribution in [0.1, 0.15) is 45.6 Å². The monoisotopic (exact) mass is 226 g/mol. The molecule has 0 unspecified atom stereocenters. The molecular weight excluding hydrogens is 204 g/mol. The van der Waals surface area contributed by atoms with Crippen molar-refractivity contribution in [3.8, 4) is 0 Å². The number of hydrogen-bond donors (Lipinski definition) is 0. The van der Waals surface area contributed by atoms with Crippen molar-refractivity contribution in [1.29, 1.82) is 0 Å². The van der Waals surface area contributed by atoms with Gasteiger partial charge in [-0.25, -0.2) is 0 Å². The molecule has 1 aliphatic carbocycles. The first-order chi connectivity index (χ1) is 8.08. The molecule has 0 heterocycles. The molecule has 0 spiro atoms. The van der Waals surface area contributed by atoms with Crippen molar-refractivity contribution in [2.45, 2.75) is 45.4 Å². The van der Waals surface area contributed by atoms with Crippen molar-refractivity contribution >= 4 is 0 Å². The van der Waals surface area contributed by atoms with E-state index in [4.69, 9.17) is 0 Å². The summed E-state index contributed by atoms with van der Waals surface area (Å²) in [5, 5.41) is 0. The zero-order valence-electron chi connectivity index (χ0n) is 11.2. The highest BCUT2D eigenvalue weighted by Crippen LogP contribution is 2.33. The second-order valence-corrected chi connectivity index (χ2v) is 5.76. The average Bonchev–Trinajstić information content (AvgIpc) is 2.33. The normalized spacial score (nSPS) is 16.4. The molecule has 0 nitrogen and oxygen atoms in total. The van der Waals surface area contributed by atoms with Crippen LogP contribution in [0.2, 0.25) is 0 Å². The first-order valence-corrected chi connectivity index (χ1v) is 6.49. The van der Waals surface area contributed by atoms with Crippen molar-refractivity contribution in [2.24, 2.45) is 0 Å². The van der Waals surface area contributed by atoms with Gasteiger partial charge in [0.25, 0.3) is 0 Å². The van der Waals surface area contributed by atoms with Crippen molar-refractivity contribution in [2.75, 3.05) is 0 Å². The molecular formula is C17H22. The highest BCUT2D eigenvalue weighted by atomic mass is 14.3. The smallest absolute Gasteiger partial charge is 0.00663 e. The molecule has 0 aliphatic heterocycles. The fourth-order valence-electron chi connectivity index (χ4n) is 2.49. The molecule has 0 fully saturated rings. The number of hydrogen-bond acceptors (Lipinski definition) is 0. The Balaban J connectivity index is 2.13. The Morgan fingerprint density at radius 2 is 1.71 bits per heavy atom. The maximum Gasteiger partial charge on any atom is -0.00663 e. The Morgan fingerprint density at radius 3 is 2.29 bits per heavy atom. The minimum Gasteiger partial charge on any atom is -0.0730 e. The Bertz CT molecular complexity index is 432. The number of rotatable bonds is 3. The minimum atomic E-state index is 0.242. The van der Waals surface area contributed by atoms with Crippen LogP contribution in [0.4, 0.5) is 0 Å². The largest absolute Gasteiger partial charge is 0.0730 e. The van der Waals surface area contributed by atoms with Gasteiger partial charge in [-0.15, -0.1) is 0 Å². The maximum absolute atomic E-state index is 2.34. The standard InChI is InChI=1S/C17H22/c1-14-9-11-15(12-10-14)13-17(2,3)16-7-5-4-6-8-16/h4-9,11H,10,12-13H2,1-3H3. The van der Waals surface area contributed by atoms with E-state index in [-0.39, 0.29) is 5.41 Å². The topological polar surface area (TPSA) is 0 Å². The highest BCUT2D eigenvalue weighted by Gasteiger charge is 2.22. The Kier molecular flexibility index (Phi) is 3.51. The lowest BCUT2D eigenvalue weighted by Gasteiger charge is -2.27. The van der Waals surface area contributed by atoms with Crippen LogP contribution in [0.25, 0.3) is 0 Å². The van der Waals surface area contributed by atoms with E-state index in [1.165, 1.54) is 30.4 Å². The molecule has 1 aromatic rings. The molecule has 0 aromatic heterocycles. The van der Waals surface area contributed by atoms with Gasteiger partial charge < -0.3 is 0 Å². The SMILES string of the molecule is CC1=CC=C(CC(C)(C)c2ccccc2)CC1. The summed E-state index contributed by atoms with van der Waals surface area (Å²) in [6.07, 6.45) is 8.24. The van der Waals surface area contributed by atoms with Gasteiger partial charge in [-0.3, -0.25) is 0 Å². The van der Waals surface area contributed by atoms with E-state index in [0.29, 0.717) is 0 Å². The predicted molar refractivity (Wildman–Crippen MR) is 75.2 cm³/mol. The average molecular weight is 226 g/mol. The van der Waals surface area contributed by atoms with E-state index in [1.807, 2.05) is 0 Å². The van der Waals surface area contributed by atoms with Crippen LogP contribution in [-0.4, -0.2) is 0 Å². The summed E-state index contributed by atoms with van der Waals surface area (Å²) in [5.74, 6) is 0. The van der Waals surface area contributed by atoms with Gasteiger partial charge in [0.15, 0.2) is 0 Å². The highest BCUT2D eigenvalue weighted by molar-refractivity contribution is 5.29. The third-order valence-electron chi connectivity index (χ3n) is 3.67. The summed E-state index contributed by atoms with van der Waals surface area (Å²) in [4.78, 5) is 0. The summed E-state index contributed by atoms with van der Waals surface area (Å²) in [7, 11) is 0. The third kappa shape index (κ3) is 3.09. The molecule has 2 rings (SSSR count). The van der Waals surface area contributed by atoms with Crippen molar-refractivity contribution in [3.05, 3.63) is 59.2 Å². The number of benzene rings is 1. The van der Waals surface area contributed by atoms with E-state index < -0.39 is 0 Å². The van der Waals surface area contributed by atoms with Crippen LogP contribution in [0.5, 0.6) is 0 Å². The molecule has 0 radical (unpaired) electrons. The maximum atomic E-state index is 2.34. The fraction of sp³-hybridized carbons (Fsp3) is 0.412. The molecule has 1 aromatic carbocycles. The van der Waals surface area contributed by atoms with E-state index in [1.54, 1.807) is 5.57 Å². The number of allylic oxidation sites excluding steroid dienone is 4. The fourth-order valence-corrected chi connectivity index (χ4v) is 2.49. The van der Waals surface area contributed by atoms with Gasteiger partial charge in [0.05, 0.1) is 0 Å². The van der Waals surface area contributed by atoms with Gasteiger partial charge >= 0.3 is 0 Å². The van der Waals surface area contributed by atoms with Crippen LogP contribution in [-0.2, 0) is 5.41 Å². The summed E-state index contributed by atoms with van der Waals surface area (Å²) in [6.45, 7) is 6.90. The molecule has 17 heavy (non-hydrogen) atoms. The van der Waals surface area contributed by atoms with Crippen LogP contribution in [0.15, 0.2) is 53.6 Å². The summed E-state index contributed by atoms with van der Waals surface area (Å²) in [5.41, 5.74) is 4.77. The Morgan fingerprint density at radius 1 is 1.00 bits per heavy atom. The zero-order valence-corrected chi connectivity index (χ0v) is 11.2. The van der Waals surface area contributed by atoms with Crippen LogP contribution in [0.3, 0.4) is 0 Å². The molecule has 90 valence electrons. The second-order valence-electron chi connectivity index (χ2n) is 5.76. The van der Waals surface area contributed by atoms with Crippen molar-refractivity contribution in [1.82, 2.24) is 0 Å². The molecule has 0 saturated carbocycles. The molecule has 0 N–H and O–H groups in total. The minimum absolute atomic E-state index is 0.242. The predicted octanol–water partition coefficient (Wildman–Crippen LogP) is 5.02. The van der Waals surface area contributed by atoms with Gasteiger partial charge in [0, 0.05) is 0 Å². The van der Waals surface area contributed by atoms with E-state index in [2.05, 4.69) is 63.3 Å². The Hall–Kier alpha value is -1.30.